The number of nitrogens with zero attached hydrogens (tertiary/aromatic N) is 2. The fraction of sp³-hybridized carbons (Fsp3) is 0.163. The number of fused-ring (bicyclic) bond motifs is 1. The number of rotatable bonds is 6. The van der Waals surface area contributed by atoms with E-state index in [1.54, 1.807) is 0 Å². The molecule has 1 unspecified atom stereocenters. The second kappa shape index (κ2) is 15.8. The van der Waals surface area contributed by atoms with Crippen molar-refractivity contribution in [2.45, 2.75) is 41.5 Å². The fourth-order valence-electron chi connectivity index (χ4n) is 8.97. The van der Waals surface area contributed by atoms with E-state index in [9.17, 15) is 0 Å². The Hall–Kier alpha value is -4.10. The summed E-state index contributed by atoms with van der Waals surface area (Å²) in [5.74, 6) is 2.61. The van der Waals surface area contributed by atoms with Crippen molar-refractivity contribution in [3.8, 4) is 0 Å². The second-order valence-electron chi connectivity index (χ2n) is 14.8. The van der Waals surface area contributed by atoms with Gasteiger partial charge >= 0.3 is 19.5 Å². The molecule has 8 rings (SSSR count). The Morgan fingerprint density at radius 2 is 1.09 bits per heavy atom. The van der Waals surface area contributed by atoms with E-state index in [4.69, 9.17) is 23.2 Å². The molecule has 0 spiro atoms. The van der Waals surface area contributed by atoms with E-state index in [0.29, 0.717) is 10.0 Å². The van der Waals surface area contributed by atoms with Crippen LogP contribution >= 0.6 is 30.1 Å². The van der Waals surface area contributed by atoms with Gasteiger partial charge in [-0.3, -0.25) is 0 Å². The first-order valence-corrected chi connectivity index (χ1v) is 21.3. The Morgan fingerprint density at radius 3 is 1.65 bits per heavy atom. The summed E-state index contributed by atoms with van der Waals surface area (Å²) >= 11 is 14.7. The topological polar surface area (TPSA) is 6.48 Å². The number of aryl methyl sites for hydroxylation is 6. The number of benzene rings is 6. The van der Waals surface area contributed by atoms with Crippen LogP contribution < -0.4 is 20.4 Å². The normalized spacial score (nSPS) is 15.5. The summed E-state index contributed by atoms with van der Waals surface area (Å²) < 4.78 is 0. The third-order valence-electron chi connectivity index (χ3n) is 10.9. The van der Waals surface area contributed by atoms with Crippen LogP contribution in [0.3, 0.4) is 0 Å². The van der Waals surface area contributed by atoms with E-state index in [2.05, 4.69) is 185 Å². The van der Waals surface area contributed by atoms with Crippen molar-refractivity contribution in [3.05, 3.63) is 193 Å². The Bertz CT molecular complexity index is 2440. The van der Waals surface area contributed by atoms with E-state index in [0.717, 1.165) is 18.4 Å². The molecule has 1 atom stereocenters. The molecular formula is C49H45Cl2N2PRu+2. The van der Waals surface area contributed by atoms with E-state index in [1.165, 1.54) is 83.4 Å². The molecule has 1 aliphatic carbocycles. The molecule has 0 bridgehead atoms. The van der Waals surface area contributed by atoms with Crippen LogP contribution in [0.4, 0.5) is 11.4 Å². The third kappa shape index (κ3) is 6.89. The molecule has 2 nitrogen and oxygen atoms in total. The summed E-state index contributed by atoms with van der Waals surface area (Å²) in [6.07, 6.45) is 2.35. The first-order chi connectivity index (χ1) is 26.1. The van der Waals surface area contributed by atoms with Crippen molar-refractivity contribution in [2.24, 2.45) is 0 Å². The van der Waals surface area contributed by atoms with Gasteiger partial charge in [0, 0.05) is 36.7 Å². The summed E-state index contributed by atoms with van der Waals surface area (Å²) in [4.78, 5) is 5.26. The quantitative estimate of drug-likeness (QED) is 0.122. The molecule has 6 aromatic carbocycles. The van der Waals surface area contributed by atoms with Crippen LogP contribution in [0.25, 0.3) is 17.2 Å². The Morgan fingerprint density at radius 1 is 0.582 bits per heavy atom. The number of hydrogen-bond acceptors (Lipinski definition) is 0. The van der Waals surface area contributed by atoms with Crippen LogP contribution in [0.2, 0.25) is 10.0 Å². The maximum Gasteiger partial charge on any atom is 2.00 e. The number of allylic oxidation sites excluding steroid dienone is 2. The van der Waals surface area contributed by atoms with Crippen LogP contribution in [0, 0.1) is 41.5 Å². The van der Waals surface area contributed by atoms with Gasteiger partial charge in [0.1, 0.15) is 5.54 Å². The van der Waals surface area contributed by atoms with Gasteiger partial charge < -0.3 is 9.80 Å². The molecule has 1 aliphatic heterocycles. The largest absolute Gasteiger partial charge is 2.00 e. The Balaban J connectivity index is 0.00000465. The average molecular weight is 865 g/mol. The molecule has 0 saturated carbocycles. The minimum Gasteiger partial charge on any atom is -0.325 e. The molecule has 0 N–H and O–H groups in total. The molecule has 0 aromatic heterocycles. The van der Waals surface area contributed by atoms with Gasteiger partial charge in [0.25, 0.3) is 0 Å². The van der Waals surface area contributed by atoms with Gasteiger partial charge in [-0.2, -0.15) is 0 Å². The van der Waals surface area contributed by atoms with Crippen LogP contribution in [0.1, 0.15) is 50.1 Å². The molecule has 6 aromatic rings. The van der Waals surface area contributed by atoms with Gasteiger partial charge in [-0.05, 0) is 115 Å². The minimum atomic E-state index is -2.87. The summed E-state index contributed by atoms with van der Waals surface area (Å²) in [6.45, 7) is 12.2. The Kier molecular flexibility index (Phi) is 11.2. The maximum absolute atomic E-state index is 7.60. The molecule has 6 heteroatoms. The average Bonchev–Trinajstić information content (AvgIpc) is 3.74. The van der Waals surface area contributed by atoms with Gasteiger partial charge in [0.2, 0.25) is 0 Å². The van der Waals surface area contributed by atoms with Crippen LogP contribution in [-0.2, 0) is 19.5 Å². The van der Waals surface area contributed by atoms with Crippen molar-refractivity contribution in [1.29, 1.82) is 0 Å². The standard InChI is InChI=1S/C49H45Cl2N2P.Ru/c1-32-26-34(3)47(35(4)27-32)52-24-25-53(48-36(5)28-33(2)29-37(48)6)49(52)54(40-19-11-8-12-20-40,45-23-15-22-44(50)46(45)51)31-43-41-21-14-13-18-39(41)30-42(43)38-16-9-7-10-17-38;/h7-23,26-31H,24-25H2,1-6H3;/q;+2. The first-order valence-electron chi connectivity index (χ1n) is 18.7. The molecular weight excluding hydrogens is 820 g/mol. The molecule has 0 radical (unpaired) electrons. The zero-order valence-electron chi connectivity index (χ0n) is 32.1. The van der Waals surface area contributed by atoms with Crippen molar-refractivity contribution in [3.63, 3.8) is 0 Å². The monoisotopic (exact) mass is 864 g/mol. The third-order valence-corrected chi connectivity index (χ3v) is 15.8. The maximum atomic E-state index is 7.60. The van der Waals surface area contributed by atoms with Gasteiger partial charge in [-0.15, -0.1) is 0 Å². The number of halogens is 2. The van der Waals surface area contributed by atoms with E-state index in [1.807, 2.05) is 6.07 Å². The van der Waals surface area contributed by atoms with E-state index in [-0.39, 0.29) is 19.5 Å². The first kappa shape index (κ1) is 39.1. The number of anilines is 2. The summed E-state index contributed by atoms with van der Waals surface area (Å²) in [5, 5.41) is 3.42. The van der Waals surface area contributed by atoms with E-state index >= 15 is 0 Å². The van der Waals surface area contributed by atoms with Crippen molar-refractivity contribution in [1.82, 2.24) is 0 Å². The summed E-state index contributed by atoms with van der Waals surface area (Å²) in [5.41, 5.74) is 17.4. The smallest absolute Gasteiger partial charge is 0.325 e. The van der Waals surface area contributed by atoms with Crippen LogP contribution in [0.15, 0.2) is 133 Å². The van der Waals surface area contributed by atoms with E-state index < -0.39 is 6.89 Å². The predicted octanol–water partition coefficient (Wildman–Crippen LogP) is 12.5. The zero-order valence-corrected chi connectivity index (χ0v) is 36.3. The van der Waals surface area contributed by atoms with Crippen molar-refractivity contribution >= 4 is 74.8 Å². The molecule has 276 valence electrons. The molecule has 1 heterocycles. The Labute approximate surface area is 349 Å². The van der Waals surface area contributed by atoms with Crippen LogP contribution in [-0.4, -0.2) is 18.6 Å². The summed E-state index contributed by atoms with van der Waals surface area (Å²) in [7, 11) is 0. The zero-order chi connectivity index (χ0) is 37.7. The molecule has 0 amide bonds. The molecule has 2 aliphatic rings. The van der Waals surface area contributed by atoms with Crippen molar-refractivity contribution in [2.75, 3.05) is 22.9 Å². The molecule has 1 saturated heterocycles. The van der Waals surface area contributed by atoms with Gasteiger partial charge in [0.15, 0.2) is 0 Å². The van der Waals surface area contributed by atoms with Gasteiger partial charge in [-0.25, -0.2) is 0 Å². The van der Waals surface area contributed by atoms with Gasteiger partial charge in [-0.1, -0.05) is 156 Å². The van der Waals surface area contributed by atoms with Gasteiger partial charge in [0.05, 0.1) is 10.0 Å². The fourth-order valence-corrected chi connectivity index (χ4v) is 14.1. The van der Waals surface area contributed by atoms with Crippen molar-refractivity contribution < 1.29 is 19.5 Å². The second-order valence-corrected chi connectivity index (χ2v) is 18.7. The predicted molar refractivity (Wildman–Crippen MR) is 239 cm³/mol. The molecule has 55 heavy (non-hydrogen) atoms. The number of hydrogen-bond donors (Lipinski definition) is 0. The molecule has 1 fully saturated rings. The summed E-state index contributed by atoms with van der Waals surface area (Å²) in [6, 6.07) is 46.2. The van der Waals surface area contributed by atoms with Crippen LogP contribution in [0.5, 0.6) is 0 Å². The SMILES string of the molecule is Cc1cc(C)c(N2CCN(c3c(C)cc(C)cc3C)C2=P(C=C2C(c3ccccc3)=Cc3ccccc32)(c2ccccc2)c2cccc(Cl)c2Cl)c(C)c1.[Ru+2]. The minimum absolute atomic E-state index is 0.